The maximum atomic E-state index is 12.7. The molecule has 19 heavy (non-hydrogen) atoms. The van der Waals surface area contributed by atoms with Crippen molar-refractivity contribution in [1.82, 2.24) is 0 Å². The van der Waals surface area contributed by atoms with Crippen LogP contribution in [-0.2, 0) is 4.79 Å². The van der Waals surface area contributed by atoms with Crippen molar-refractivity contribution >= 4 is 11.6 Å². The maximum Gasteiger partial charge on any atom is 0.271 e. The van der Waals surface area contributed by atoms with E-state index in [1.165, 1.54) is 0 Å². The fourth-order valence-electron chi connectivity index (χ4n) is 2.58. The summed E-state index contributed by atoms with van der Waals surface area (Å²) in [6.07, 6.45) is 1.33. The highest BCUT2D eigenvalue weighted by molar-refractivity contribution is 6.02. The average Bonchev–Trinajstić information content (AvgIpc) is 2.42. The highest BCUT2D eigenvalue weighted by Crippen LogP contribution is 2.40. The van der Waals surface area contributed by atoms with E-state index in [0.29, 0.717) is 25.9 Å². The molecule has 0 bridgehead atoms. The molecule has 104 valence electrons. The van der Waals surface area contributed by atoms with Crippen LogP contribution in [0.5, 0.6) is 5.75 Å². The van der Waals surface area contributed by atoms with Gasteiger partial charge in [-0.25, -0.2) is 0 Å². The van der Waals surface area contributed by atoms with Crippen molar-refractivity contribution in [1.29, 1.82) is 0 Å². The molecular formula is C15H22N2O2. The van der Waals surface area contributed by atoms with Crippen molar-refractivity contribution in [2.24, 2.45) is 5.73 Å². The largest absolute Gasteiger partial charge is 0.475 e. The molecule has 0 fully saturated rings. The summed E-state index contributed by atoms with van der Waals surface area (Å²) in [6, 6.07) is 5.92. The smallest absolute Gasteiger partial charge is 0.271 e. The Kier molecular flexibility index (Phi) is 3.80. The Morgan fingerprint density at radius 3 is 2.58 bits per heavy atom. The molecule has 0 spiro atoms. The fraction of sp³-hybridized carbons (Fsp3) is 0.533. The Labute approximate surface area is 114 Å². The van der Waals surface area contributed by atoms with Crippen molar-refractivity contribution in [3.63, 3.8) is 0 Å². The summed E-state index contributed by atoms with van der Waals surface area (Å²) in [4.78, 5) is 14.5. The second-order valence-corrected chi connectivity index (χ2v) is 5.02. The lowest BCUT2D eigenvalue weighted by Crippen LogP contribution is -2.56. The van der Waals surface area contributed by atoms with Gasteiger partial charge in [-0.3, -0.25) is 4.79 Å². The second kappa shape index (κ2) is 5.21. The fourth-order valence-corrected chi connectivity index (χ4v) is 2.58. The van der Waals surface area contributed by atoms with Crippen molar-refractivity contribution in [3.05, 3.63) is 23.8 Å². The Morgan fingerprint density at radius 2 is 2.00 bits per heavy atom. The molecule has 1 amide bonds. The first-order valence-corrected chi connectivity index (χ1v) is 6.89. The summed E-state index contributed by atoms with van der Waals surface area (Å²) in [5.74, 6) is 0.816. The Bertz CT molecular complexity index is 481. The quantitative estimate of drug-likeness (QED) is 0.905. The summed E-state index contributed by atoms with van der Waals surface area (Å²) in [7, 11) is 0. The molecule has 0 unspecified atom stereocenters. The zero-order chi connectivity index (χ0) is 14.0. The van der Waals surface area contributed by atoms with Crippen LogP contribution in [0.4, 0.5) is 5.69 Å². The van der Waals surface area contributed by atoms with Crippen molar-refractivity contribution in [2.75, 3.05) is 18.0 Å². The maximum absolute atomic E-state index is 12.7. The lowest BCUT2D eigenvalue weighted by atomic mass is 9.92. The third-order valence-electron chi connectivity index (χ3n) is 3.84. The topological polar surface area (TPSA) is 55.6 Å². The van der Waals surface area contributed by atoms with Gasteiger partial charge in [0.1, 0.15) is 5.75 Å². The number of nitrogens with two attached hydrogens (primary N) is 1. The number of hydrogen-bond acceptors (Lipinski definition) is 3. The monoisotopic (exact) mass is 262 g/mol. The lowest BCUT2D eigenvalue weighted by Gasteiger charge is -2.42. The molecule has 0 saturated heterocycles. The predicted octanol–water partition coefficient (Wildman–Crippen LogP) is 2.24. The van der Waals surface area contributed by atoms with Crippen LogP contribution in [0.3, 0.4) is 0 Å². The molecule has 0 aliphatic carbocycles. The molecule has 1 aromatic carbocycles. The minimum atomic E-state index is -0.740. The number of fused-ring (bicyclic) bond motifs is 1. The van der Waals surface area contributed by atoms with E-state index in [2.05, 4.69) is 0 Å². The molecule has 2 rings (SSSR count). The van der Waals surface area contributed by atoms with Crippen LogP contribution in [0.25, 0.3) is 0 Å². The lowest BCUT2D eigenvalue weighted by molar-refractivity contribution is -0.136. The van der Waals surface area contributed by atoms with Gasteiger partial charge < -0.3 is 15.4 Å². The van der Waals surface area contributed by atoms with Crippen LogP contribution in [-0.4, -0.2) is 24.6 Å². The van der Waals surface area contributed by atoms with Crippen LogP contribution < -0.4 is 15.4 Å². The number of rotatable bonds is 4. The van der Waals surface area contributed by atoms with Crippen LogP contribution in [0, 0.1) is 6.92 Å². The van der Waals surface area contributed by atoms with E-state index in [4.69, 9.17) is 10.5 Å². The van der Waals surface area contributed by atoms with Crippen LogP contribution in [0.2, 0.25) is 0 Å². The van der Waals surface area contributed by atoms with E-state index in [1.807, 2.05) is 39.0 Å². The molecule has 1 aromatic rings. The number of carbonyl (C=O) groups excluding carboxylic acids is 1. The van der Waals surface area contributed by atoms with Gasteiger partial charge in [-0.05, 0) is 37.5 Å². The van der Waals surface area contributed by atoms with Crippen LogP contribution in [0.15, 0.2) is 18.2 Å². The molecule has 0 atom stereocenters. The van der Waals surface area contributed by atoms with Gasteiger partial charge in [-0.15, -0.1) is 0 Å². The SMILES string of the molecule is CCC1(CC)Oc2cc(C)ccc2N(CCN)C1=O. The molecule has 1 aliphatic heterocycles. The summed E-state index contributed by atoms with van der Waals surface area (Å²) in [6.45, 7) is 6.97. The number of anilines is 1. The number of amides is 1. The molecular weight excluding hydrogens is 240 g/mol. The summed E-state index contributed by atoms with van der Waals surface area (Å²) >= 11 is 0. The number of benzene rings is 1. The van der Waals surface area contributed by atoms with Crippen molar-refractivity contribution < 1.29 is 9.53 Å². The number of ether oxygens (including phenoxy) is 1. The molecule has 0 saturated carbocycles. The van der Waals surface area contributed by atoms with Gasteiger partial charge >= 0.3 is 0 Å². The van der Waals surface area contributed by atoms with E-state index < -0.39 is 5.60 Å². The summed E-state index contributed by atoms with van der Waals surface area (Å²) < 4.78 is 6.06. The number of aryl methyl sites for hydroxylation is 1. The van der Waals surface area contributed by atoms with E-state index in [9.17, 15) is 4.79 Å². The molecule has 0 aromatic heterocycles. The van der Waals surface area contributed by atoms with Crippen LogP contribution in [0.1, 0.15) is 32.3 Å². The summed E-state index contributed by atoms with van der Waals surface area (Å²) in [5, 5.41) is 0. The Balaban J connectivity index is 2.52. The Morgan fingerprint density at radius 1 is 1.32 bits per heavy atom. The minimum Gasteiger partial charge on any atom is -0.475 e. The van der Waals surface area contributed by atoms with E-state index in [1.54, 1.807) is 4.90 Å². The zero-order valence-corrected chi connectivity index (χ0v) is 11.9. The Hall–Kier alpha value is -1.55. The average molecular weight is 262 g/mol. The first-order valence-electron chi connectivity index (χ1n) is 6.89. The number of nitrogens with zero attached hydrogens (tertiary/aromatic N) is 1. The van der Waals surface area contributed by atoms with Gasteiger partial charge in [-0.2, -0.15) is 0 Å². The van der Waals surface area contributed by atoms with Gasteiger partial charge in [0.25, 0.3) is 5.91 Å². The van der Waals surface area contributed by atoms with E-state index in [0.717, 1.165) is 17.0 Å². The summed E-state index contributed by atoms with van der Waals surface area (Å²) in [5.41, 5.74) is 6.86. The van der Waals surface area contributed by atoms with Crippen LogP contribution >= 0.6 is 0 Å². The van der Waals surface area contributed by atoms with E-state index >= 15 is 0 Å². The zero-order valence-electron chi connectivity index (χ0n) is 11.9. The predicted molar refractivity (Wildman–Crippen MR) is 76.5 cm³/mol. The third-order valence-corrected chi connectivity index (χ3v) is 3.84. The van der Waals surface area contributed by atoms with Crippen molar-refractivity contribution in [2.45, 2.75) is 39.2 Å². The molecule has 4 heteroatoms. The second-order valence-electron chi connectivity index (χ2n) is 5.02. The molecule has 0 radical (unpaired) electrons. The van der Waals surface area contributed by atoms with Gasteiger partial charge in [0, 0.05) is 13.1 Å². The van der Waals surface area contributed by atoms with Gasteiger partial charge in [0.15, 0.2) is 5.60 Å². The highest BCUT2D eigenvalue weighted by atomic mass is 16.5. The standard InChI is InChI=1S/C15H22N2O2/c1-4-15(5-2)14(18)17(9-8-16)12-7-6-11(3)10-13(12)19-15/h6-7,10H,4-5,8-9,16H2,1-3H3. The van der Waals surface area contributed by atoms with Gasteiger partial charge in [0.05, 0.1) is 5.69 Å². The number of carbonyl (C=O) groups is 1. The normalized spacial score (nSPS) is 17.1. The highest BCUT2D eigenvalue weighted by Gasteiger charge is 2.45. The minimum absolute atomic E-state index is 0.0271. The first kappa shape index (κ1) is 13.9. The number of hydrogen-bond donors (Lipinski definition) is 1. The van der Waals surface area contributed by atoms with E-state index in [-0.39, 0.29) is 5.91 Å². The molecule has 2 N–H and O–H groups in total. The molecule has 4 nitrogen and oxygen atoms in total. The van der Waals surface area contributed by atoms with Crippen molar-refractivity contribution in [3.8, 4) is 5.75 Å². The van der Waals surface area contributed by atoms with Gasteiger partial charge in [-0.1, -0.05) is 19.9 Å². The third kappa shape index (κ3) is 2.21. The van der Waals surface area contributed by atoms with Gasteiger partial charge in [0.2, 0.25) is 0 Å². The first-order chi connectivity index (χ1) is 9.07. The molecule has 1 heterocycles. The molecule has 1 aliphatic rings.